The molecule has 27 heavy (non-hydrogen) atoms. The molecule has 0 spiro atoms. The van der Waals surface area contributed by atoms with Crippen LogP contribution in [-0.4, -0.2) is 36.8 Å². The predicted octanol–water partition coefficient (Wildman–Crippen LogP) is 3.13. The zero-order valence-corrected chi connectivity index (χ0v) is 15.5. The lowest BCUT2D eigenvalue weighted by molar-refractivity contribution is -0.126. The quantitative estimate of drug-likeness (QED) is 0.548. The Balaban J connectivity index is 1.74. The van der Waals surface area contributed by atoms with Crippen molar-refractivity contribution in [2.45, 2.75) is 13.2 Å². The maximum Gasteiger partial charge on any atom is 0.231 e. The van der Waals surface area contributed by atoms with Gasteiger partial charge in [0.05, 0.1) is 11.6 Å². The largest absolute Gasteiger partial charge is 0.456 e. The highest BCUT2D eigenvalue weighted by atomic mass is 16.5. The minimum Gasteiger partial charge on any atom is -0.456 e. The monoisotopic (exact) mass is 366 g/mol. The SMILES string of the molecule is CC1CN(c2ccc(-c3cc4ccc(N(C)C)cc4o3)cc2C(O)O)C1=O. The smallest absolute Gasteiger partial charge is 0.231 e. The van der Waals surface area contributed by atoms with Gasteiger partial charge in [-0.15, -0.1) is 0 Å². The van der Waals surface area contributed by atoms with Crippen molar-refractivity contribution in [1.82, 2.24) is 0 Å². The van der Waals surface area contributed by atoms with E-state index in [2.05, 4.69) is 0 Å². The molecule has 4 rings (SSSR count). The van der Waals surface area contributed by atoms with Crippen molar-refractivity contribution < 1.29 is 19.4 Å². The second-order valence-corrected chi connectivity index (χ2v) is 7.22. The maximum absolute atomic E-state index is 12.0. The Bertz CT molecular complexity index is 1020. The van der Waals surface area contributed by atoms with E-state index in [1.54, 1.807) is 17.0 Å². The van der Waals surface area contributed by atoms with Gasteiger partial charge >= 0.3 is 0 Å². The van der Waals surface area contributed by atoms with Gasteiger partial charge in [0.25, 0.3) is 0 Å². The topological polar surface area (TPSA) is 77.2 Å². The van der Waals surface area contributed by atoms with Crippen LogP contribution in [0.2, 0.25) is 0 Å². The second-order valence-electron chi connectivity index (χ2n) is 7.22. The summed E-state index contributed by atoms with van der Waals surface area (Å²) in [6.07, 6.45) is -1.67. The summed E-state index contributed by atoms with van der Waals surface area (Å²) < 4.78 is 5.99. The Morgan fingerprint density at radius 1 is 1.15 bits per heavy atom. The first-order valence-corrected chi connectivity index (χ1v) is 8.88. The number of benzene rings is 2. The number of hydrogen-bond acceptors (Lipinski definition) is 5. The van der Waals surface area contributed by atoms with Gasteiger partial charge in [0.15, 0.2) is 6.29 Å². The van der Waals surface area contributed by atoms with Crippen molar-refractivity contribution >= 4 is 28.3 Å². The van der Waals surface area contributed by atoms with E-state index in [4.69, 9.17) is 4.42 Å². The third-order valence-electron chi connectivity index (χ3n) is 5.05. The van der Waals surface area contributed by atoms with Crippen molar-refractivity contribution in [2.75, 3.05) is 30.4 Å². The molecule has 2 aromatic carbocycles. The molecular weight excluding hydrogens is 344 g/mol. The molecule has 1 aliphatic heterocycles. The number of furan rings is 1. The fourth-order valence-corrected chi connectivity index (χ4v) is 3.41. The van der Waals surface area contributed by atoms with Gasteiger partial charge in [0, 0.05) is 48.9 Å². The highest BCUT2D eigenvalue weighted by Crippen LogP contribution is 2.36. The van der Waals surface area contributed by atoms with Gasteiger partial charge in [-0.2, -0.15) is 0 Å². The average molecular weight is 366 g/mol. The van der Waals surface area contributed by atoms with Crippen LogP contribution in [0.4, 0.5) is 11.4 Å². The van der Waals surface area contributed by atoms with Gasteiger partial charge in [-0.25, -0.2) is 0 Å². The van der Waals surface area contributed by atoms with Crippen molar-refractivity contribution in [2.24, 2.45) is 5.92 Å². The Morgan fingerprint density at radius 3 is 2.56 bits per heavy atom. The standard InChI is InChI=1S/C21H22N2O4/c1-12-11-23(20(12)24)17-7-5-13(8-16(17)21(25)26)18-9-14-4-6-15(22(2)3)10-19(14)27-18/h4-10,12,21,25-26H,11H2,1-3H3. The summed E-state index contributed by atoms with van der Waals surface area (Å²) in [5.41, 5.74) is 3.35. The fourth-order valence-electron chi connectivity index (χ4n) is 3.41. The minimum absolute atomic E-state index is 0.00963. The van der Waals surface area contributed by atoms with Crippen LogP contribution in [0, 0.1) is 5.92 Å². The first kappa shape index (κ1) is 17.6. The van der Waals surface area contributed by atoms with Crippen LogP contribution >= 0.6 is 0 Å². The maximum atomic E-state index is 12.0. The number of fused-ring (bicyclic) bond motifs is 1. The molecule has 0 radical (unpaired) electrons. The number of carbonyl (C=O) groups is 1. The highest BCUT2D eigenvalue weighted by molar-refractivity contribution is 6.02. The summed E-state index contributed by atoms with van der Waals surface area (Å²) >= 11 is 0. The molecule has 6 nitrogen and oxygen atoms in total. The van der Waals surface area contributed by atoms with Gasteiger partial charge < -0.3 is 24.4 Å². The molecule has 0 saturated carbocycles. The molecule has 0 aliphatic carbocycles. The van der Waals surface area contributed by atoms with Crippen molar-refractivity contribution in [3.8, 4) is 11.3 Å². The van der Waals surface area contributed by atoms with Crippen LogP contribution in [-0.2, 0) is 4.79 Å². The van der Waals surface area contributed by atoms with Crippen LogP contribution in [0.15, 0.2) is 46.9 Å². The number of hydrogen-bond donors (Lipinski definition) is 2. The Kier molecular flexibility index (Phi) is 4.17. The molecule has 140 valence electrons. The van der Waals surface area contributed by atoms with Crippen LogP contribution in [0.3, 0.4) is 0 Å². The Labute approximate surface area is 157 Å². The molecule has 0 bridgehead atoms. The van der Waals surface area contributed by atoms with Crippen LogP contribution < -0.4 is 9.80 Å². The molecule has 1 aromatic heterocycles. The summed E-state index contributed by atoms with van der Waals surface area (Å²) in [6, 6.07) is 13.1. The molecule has 2 heterocycles. The third kappa shape index (κ3) is 2.97. The number of carbonyl (C=O) groups excluding carboxylic acids is 1. The van der Waals surface area contributed by atoms with E-state index in [1.807, 2.05) is 56.3 Å². The fraction of sp³-hybridized carbons (Fsp3) is 0.286. The normalized spacial score (nSPS) is 16.9. The van der Waals surface area contributed by atoms with Gasteiger partial charge in [-0.3, -0.25) is 4.79 Å². The zero-order valence-electron chi connectivity index (χ0n) is 15.5. The van der Waals surface area contributed by atoms with Crippen LogP contribution in [0.25, 0.3) is 22.3 Å². The van der Waals surface area contributed by atoms with Crippen molar-refractivity contribution in [3.05, 3.63) is 48.0 Å². The molecule has 1 atom stereocenters. The molecule has 1 saturated heterocycles. The van der Waals surface area contributed by atoms with E-state index in [0.29, 0.717) is 23.6 Å². The lowest BCUT2D eigenvalue weighted by Gasteiger charge is -2.38. The highest BCUT2D eigenvalue weighted by Gasteiger charge is 2.35. The summed E-state index contributed by atoms with van der Waals surface area (Å²) in [5.74, 6) is 0.594. The summed E-state index contributed by atoms with van der Waals surface area (Å²) in [7, 11) is 3.94. The lowest BCUT2D eigenvalue weighted by atomic mass is 9.97. The van der Waals surface area contributed by atoms with Crippen molar-refractivity contribution in [3.63, 3.8) is 0 Å². The summed E-state index contributed by atoms with van der Waals surface area (Å²) in [6.45, 7) is 2.44. The molecule has 1 unspecified atom stereocenters. The van der Waals surface area contributed by atoms with E-state index >= 15 is 0 Å². The number of aliphatic hydroxyl groups excluding tert-OH is 1. The minimum atomic E-state index is -1.67. The summed E-state index contributed by atoms with van der Waals surface area (Å²) in [4.78, 5) is 15.6. The molecule has 3 aromatic rings. The number of rotatable bonds is 4. The number of amides is 1. The molecule has 1 amide bonds. The molecular formula is C21H22N2O4. The lowest BCUT2D eigenvalue weighted by Crippen LogP contribution is -2.51. The summed E-state index contributed by atoms with van der Waals surface area (Å²) in [5, 5.41) is 20.6. The number of anilines is 2. The van der Waals surface area contributed by atoms with Gasteiger partial charge in [-0.05, 0) is 36.4 Å². The van der Waals surface area contributed by atoms with E-state index < -0.39 is 6.29 Å². The zero-order chi connectivity index (χ0) is 19.3. The average Bonchev–Trinajstić information content (AvgIpc) is 3.08. The third-order valence-corrected chi connectivity index (χ3v) is 5.05. The van der Waals surface area contributed by atoms with Crippen LogP contribution in [0.5, 0.6) is 0 Å². The van der Waals surface area contributed by atoms with Crippen LogP contribution in [0.1, 0.15) is 18.8 Å². The number of β-lactam (4-membered cyclic amide) rings is 1. The predicted molar refractivity (Wildman–Crippen MR) is 105 cm³/mol. The van der Waals surface area contributed by atoms with E-state index in [9.17, 15) is 15.0 Å². The van der Waals surface area contributed by atoms with Gasteiger partial charge in [0.2, 0.25) is 5.91 Å². The van der Waals surface area contributed by atoms with Gasteiger partial charge in [0.1, 0.15) is 11.3 Å². The van der Waals surface area contributed by atoms with Gasteiger partial charge in [-0.1, -0.05) is 6.92 Å². The van der Waals surface area contributed by atoms with E-state index in [0.717, 1.165) is 22.2 Å². The van der Waals surface area contributed by atoms with E-state index in [1.165, 1.54) is 0 Å². The molecule has 2 N–H and O–H groups in total. The molecule has 6 heteroatoms. The van der Waals surface area contributed by atoms with E-state index in [-0.39, 0.29) is 11.8 Å². The second kappa shape index (κ2) is 6.40. The number of nitrogens with zero attached hydrogens (tertiary/aromatic N) is 2. The number of aliphatic hydroxyl groups is 2. The van der Waals surface area contributed by atoms with Crippen molar-refractivity contribution in [1.29, 1.82) is 0 Å². The molecule has 1 fully saturated rings. The first-order valence-electron chi connectivity index (χ1n) is 8.88. The Morgan fingerprint density at radius 2 is 1.93 bits per heavy atom. The Hall–Kier alpha value is -2.83. The molecule has 1 aliphatic rings. The first-order chi connectivity index (χ1) is 12.8.